The first-order valence-corrected chi connectivity index (χ1v) is 6.30. The van der Waals surface area contributed by atoms with Gasteiger partial charge in [-0.25, -0.2) is 4.39 Å². The number of thioether (sulfide) groups is 1. The zero-order valence-electron chi connectivity index (χ0n) is 8.79. The predicted molar refractivity (Wildman–Crippen MR) is 61.7 cm³/mol. The lowest BCUT2D eigenvalue weighted by atomic mass is 9.92. The van der Waals surface area contributed by atoms with Crippen LogP contribution in [0.25, 0.3) is 0 Å². The molecule has 0 bridgehead atoms. The molecule has 15 heavy (non-hydrogen) atoms. The van der Waals surface area contributed by atoms with Crippen molar-refractivity contribution in [3.8, 4) is 0 Å². The number of aliphatic hydroxyl groups is 1. The Morgan fingerprint density at radius 1 is 1.53 bits per heavy atom. The average Bonchev–Trinajstić information content (AvgIpc) is 2.58. The van der Waals surface area contributed by atoms with Crippen molar-refractivity contribution < 1.29 is 9.50 Å². The summed E-state index contributed by atoms with van der Waals surface area (Å²) in [6, 6.07) is 4.78. The number of hydrogen-bond acceptors (Lipinski definition) is 2. The minimum Gasteiger partial charge on any atom is -0.389 e. The Bertz CT molecular complexity index is 359. The van der Waals surface area contributed by atoms with Crippen molar-refractivity contribution >= 4 is 11.8 Å². The highest BCUT2D eigenvalue weighted by Gasteiger charge is 2.32. The lowest BCUT2D eigenvalue weighted by molar-refractivity contribution is 0.0684. The van der Waals surface area contributed by atoms with Crippen molar-refractivity contribution in [3.63, 3.8) is 0 Å². The standard InChI is InChI=1S/C12H15FOS/c1-9-6-11(13)3-2-10(9)7-12(14)4-5-15-8-12/h2-3,6,14H,4-5,7-8H2,1H3. The van der Waals surface area contributed by atoms with Gasteiger partial charge < -0.3 is 5.11 Å². The first-order valence-electron chi connectivity index (χ1n) is 5.14. The molecule has 1 heterocycles. The highest BCUT2D eigenvalue weighted by molar-refractivity contribution is 7.99. The van der Waals surface area contributed by atoms with Crippen LogP contribution in [-0.2, 0) is 6.42 Å². The molecule has 1 N–H and O–H groups in total. The lowest BCUT2D eigenvalue weighted by Crippen LogP contribution is -2.31. The first kappa shape index (κ1) is 11.0. The molecule has 1 aromatic rings. The molecule has 0 aromatic heterocycles. The molecule has 0 amide bonds. The number of rotatable bonds is 2. The molecule has 0 radical (unpaired) electrons. The van der Waals surface area contributed by atoms with E-state index in [1.54, 1.807) is 17.8 Å². The van der Waals surface area contributed by atoms with Crippen LogP contribution in [0.1, 0.15) is 17.5 Å². The molecule has 3 heteroatoms. The molecule has 0 saturated carbocycles. The van der Waals surface area contributed by atoms with E-state index in [1.165, 1.54) is 12.1 Å². The Morgan fingerprint density at radius 3 is 2.93 bits per heavy atom. The molecule has 1 aliphatic rings. The van der Waals surface area contributed by atoms with E-state index in [-0.39, 0.29) is 5.82 Å². The fourth-order valence-electron chi connectivity index (χ4n) is 1.95. The van der Waals surface area contributed by atoms with Gasteiger partial charge in [0.2, 0.25) is 0 Å². The van der Waals surface area contributed by atoms with Gasteiger partial charge in [0.25, 0.3) is 0 Å². The molecule has 0 spiro atoms. The van der Waals surface area contributed by atoms with Gasteiger partial charge in [-0.1, -0.05) is 6.07 Å². The van der Waals surface area contributed by atoms with E-state index in [0.29, 0.717) is 6.42 Å². The van der Waals surface area contributed by atoms with Crippen LogP contribution in [0.5, 0.6) is 0 Å². The topological polar surface area (TPSA) is 20.2 Å². The average molecular weight is 226 g/mol. The Balaban J connectivity index is 2.16. The van der Waals surface area contributed by atoms with Crippen LogP contribution in [-0.4, -0.2) is 22.2 Å². The molecular weight excluding hydrogens is 211 g/mol. The normalized spacial score (nSPS) is 25.8. The lowest BCUT2D eigenvalue weighted by Gasteiger charge is -2.22. The fraction of sp³-hybridized carbons (Fsp3) is 0.500. The summed E-state index contributed by atoms with van der Waals surface area (Å²) in [6.45, 7) is 1.89. The van der Waals surface area contributed by atoms with Gasteiger partial charge in [0.05, 0.1) is 5.60 Å². The van der Waals surface area contributed by atoms with Crippen LogP contribution in [0.15, 0.2) is 18.2 Å². The molecule has 1 fully saturated rings. The number of aryl methyl sites for hydroxylation is 1. The van der Waals surface area contributed by atoms with Crippen molar-refractivity contribution in [3.05, 3.63) is 35.1 Å². The number of halogens is 1. The van der Waals surface area contributed by atoms with Crippen molar-refractivity contribution in [2.45, 2.75) is 25.4 Å². The summed E-state index contributed by atoms with van der Waals surface area (Å²) in [5.41, 5.74) is 1.41. The predicted octanol–water partition coefficient (Wildman–Crippen LogP) is 2.54. The van der Waals surface area contributed by atoms with Crippen LogP contribution in [0.4, 0.5) is 4.39 Å². The molecule has 0 aliphatic carbocycles. The van der Waals surface area contributed by atoms with Crippen LogP contribution >= 0.6 is 11.8 Å². The maximum atomic E-state index is 12.9. The SMILES string of the molecule is Cc1cc(F)ccc1CC1(O)CCSC1. The van der Waals surface area contributed by atoms with E-state index in [9.17, 15) is 9.50 Å². The first-order chi connectivity index (χ1) is 7.09. The zero-order valence-corrected chi connectivity index (χ0v) is 9.61. The van der Waals surface area contributed by atoms with Crippen molar-refractivity contribution in [1.82, 2.24) is 0 Å². The van der Waals surface area contributed by atoms with Gasteiger partial charge in [-0.05, 0) is 42.4 Å². The van der Waals surface area contributed by atoms with Crippen LogP contribution in [0, 0.1) is 12.7 Å². The monoisotopic (exact) mass is 226 g/mol. The van der Waals surface area contributed by atoms with E-state index in [4.69, 9.17) is 0 Å². The summed E-state index contributed by atoms with van der Waals surface area (Å²) in [5, 5.41) is 10.2. The van der Waals surface area contributed by atoms with Gasteiger partial charge in [0, 0.05) is 12.2 Å². The van der Waals surface area contributed by atoms with Gasteiger partial charge >= 0.3 is 0 Å². The maximum Gasteiger partial charge on any atom is 0.123 e. The molecule has 2 rings (SSSR count). The number of hydrogen-bond donors (Lipinski definition) is 1. The summed E-state index contributed by atoms with van der Waals surface area (Å²) in [6.07, 6.45) is 1.49. The highest BCUT2D eigenvalue weighted by atomic mass is 32.2. The van der Waals surface area contributed by atoms with Crippen molar-refractivity contribution in [1.29, 1.82) is 0 Å². The highest BCUT2D eigenvalue weighted by Crippen LogP contribution is 2.31. The molecule has 1 aromatic carbocycles. The molecular formula is C12H15FOS. The second kappa shape index (κ2) is 4.14. The van der Waals surface area contributed by atoms with E-state index >= 15 is 0 Å². The fourth-order valence-corrected chi connectivity index (χ4v) is 3.24. The van der Waals surface area contributed by atoms with Crippen molar-refractivity contribution in [2.75, 3.05) is 11.5 Å². The smallest absolute Gasteiger partial charge is 0.123 e. The summed E-state index contributed by atoms with van der Waals surface area (Å²) in [4.78, 5) is 0. The van der Waals surface area contributed by atoms with E-state index in [1.807, 2.05) is 6.92 Å². The molecule has 1 atom stereocenters. The Hall–Kier alpha value is -0.540. The van der Waals surface area contributed by atoms with Crippen LogP contribution in [0.2, 0.25) is 0 Å². The van der Waals surface area contributed by atoms with Gasteiger partial charge in [0.1, 0.15) is 5.82 Å². The molecule has 1 aliphatic heterocycles. The largest absolute Gasteiger partial charge is 0.389 e. The Kier molecular flexibility index (Phi) is 3.03. The van der Waals surface area contributed by atoms with Gasteiger partial charge in [-0.2, -0.15) is 11.8 Å². The van der Waals surface area contributed by atoms with E-state index < -0.39 is 5.60 Å². The molecule has 1 unspecified atom stereocenters. The third-order valence-electron chi connectivity index (χ3n) is 2.91. The Morgan fingerprint density at radius 2 is 2.33 bits per heavy atom. The van der Waals surface area contributed by atoms with Crippen LogP contribution < -0.4 is 0 Å². The molecule has 82 valence electrons. The third kappa shape index (κ3) is 2.52. The Labute approximate surface area is 93.7 Å². The quantitative estimate of drug-likeness (QED) is 0.836. The zero-order chi connectivity index (χ0) is 10.9. The van der Waals surface area contributed by atoms with Gasteiger partial charge in [-0.15, -0.1) is 0 Å². The summed E-state index contributed by atoms with van der Waals surface area (Å²) < 4.78 is 12.9. The number of benzene rings is 1. The third-order valence-corrected chi connectivity index (χ3v) is 4.14. The summed E-state index contributed by atoms with van der Waals surface area (Å²) >= 11 is 1.79. The van der Waals surface area contributed by atoms with E-state index in [2.05, 4.69) is 0 Å². The minimum absolute atomic E-state index is 0.205. The summed E-state index contributed by atoms with van der Waals surface area (Å²) in [7, 11) is 0. The van der Waals surface area contributed by atoms with Gasteiger partial charge in [0.15, 0.2) is 0 Å². The molecule has 1 saturated heterocycles. The summed E-state index contributed by atoms with van der Waals surface area (Å²) in [5.74, 6) is 1.62. The van der Waals surface area contributed by atoms with Crippen LogP contribution in [0.3, 0.4) is 0 Å². The molecule has 1 nitrogen and oxygen atoms in total. The van der Waals surface area contributed by atoms with Crippen molar-refractivity contribution in [2.24, 2.45) is 0 Å². The van der Waals surface area contributed by atoms with Gasteiger partial charge in [-0.3, -0.25) is 0 Å². The maximum absolute atomic E-state index is 12.9. The second-order valence-electron chi connectivity index (χ2n) is 4.27. The van der Waals surface area contributed by atoms with E-state index in [0.717, 1.165) is 29.1 Å². The minimum atomic E-state index is -0.576. The second-order valence-corrected chi connectivity index (χ2v) is 5.38.